The Hall–Kier alpha value is -1.82. The zero-order valence-corrected chi connectivity index (χ0v) is 11.6. The summed E-state index contributed by atoms with van der Waals surface area (Å²) in [6.45, 7) is 5.14. The Bertz CT molecular complexity index is 548. The molecule has 1 N–H and O–H groups in total. The quantitative estimate of drug-likeness (QED) is 0.884. The van der Waals surface area contributed by atoms with Gasteiger partial charge in [0.05, 0.1) is 17.9 Å². The summed E-state index contributed by atoms with van der Waals surface area (Å²) in [4.78, 5) is 0. The second-order valence-corrected chi connectivity index (χ2v) is 4.51. The zero-order valence-electron chi connectivity index (χ0n) is 11.6. The molecule has 0 saturated heterocycles. The highest BCUT2D eigenvalue weighted by Crippen LogP contribution is 2.26. The zero-order chi connectivity index (χ0) is 14.5. The van der Waals surface area contributed by atoms with Crippen molar-refractivity contribution in [2.45, 2.75) is 32.9 Å². The fourth-order valence-electron chi connectivity index (χ4n) is 2.22. The Morgan fingerprint density at radius 2 is 1.95 bits per heavy atom. The molecule has 20 heavy (non-hydrogen) atoms. The second-order valence-electron chi connectivity index (χ2n) is 4.51. The molecule has 1 heterocycles. The van der Waals surface area contributed by atoms with E-state index in [9.17, 15) is 8.78 Å². The van der Waals surface area contributed by atoms with Gasteiger partial charge in [0.2, 0.25) is 0 Å². The van der Waals surface area contributed by atoms with Gasteiger partial charge < -0.3 is 5.32 Å². The third-order valence-corrected chi connectivity index (χ3v) is 3.08. The largest absolute Gasteiger partial charge is 0.305 e. The fraction of sp³-hybridized carbons (Fsp3) is 0.429. The third-order valence-electron chi connectivity index (χ3n) is 3.08. The van der Waals surface area contributed by atoms with E-state index in [-0.39, 0.29) is 5.56 Å². The highest BCUT2D eigenvalue weighted by molar-refractivity contribution is 5.29. The van der Waals surface area contributed by atoms with Gasteiger partial charge in [-0.3, -0.25) is 0 Å². The molecule has 0 aliphatic carbocycles. The van der Waals surface area contributed by atoms with Gasteiger partial charge in [-0.15, -0.1) is 5.10 Å². The van der Waals surface area contributed by atoms with Crippen LogP contribution in [0.5, 0.6) is 0 Å². The molecule has 1 unspecified atom stereocenters. The van der Waals surface area contributed by atoms with E-state index in [2.05, 4.69) is 15.6 Å². The van der Waals surface area contributed by atoms with E-state index >= 15 is 0 Å². The van der Waals surface area contributed by atoms with Crippen molar-refractivity contribution in [1.82, 2.24) is 20.3 Å². The molecule has 2 aromatic rings. The van der Waals surface area contributed by atoms with Crippen LogP contribution in [-0.4, -0.2) is 21.5 Å². The van der Waals surface area contributed by atoms with Crippen LogP contribution in [0.1, 0.15) is 37.6 Å². The van der Waals surface area contributed by atoms with Crippen LogP contribution in [0.4, 0.5) is 8.78 Å². The number of benzene rings is 1. The third kappa shape index (κ3) is 2.85. The standard InChI is InChI=1S/C14H18F2N4/c1-3-8-20-12(9-18-19-20)14(17-4-2)13-10(15)6-5-7-11(13)16/h5-7,9,14,17H,3-4,8H2,1-2H3. The summed E-state index contributed by atoms with van der Waals surface area (Å²) in [6, 6.07) is 3.29. The Labute approximate surface area is 116 Å². The first-order valence-corrected chi connectivity index (χ1v) is 6.74. The summed E-state index contributed by atoms with van der Waals surface area (Å²) in [7, 11) is 0. The van der Waals surface area contributed by atoms with E-state index in [0.29, 0.717) is 18.8 Å². The minimum atomic E-state index is -0.595. The lowest BCUT2D eigenvalue weighted by molar-refractivity contribution is 0.473. The van der Waals surface area contributed by atoms with Crippen LogP contribution in [0.3, 0.4) is 0 Å². The van der Waals surface area contributed by atoms with Gasteiger partial charge in [0.1, 0.15) is 11.6 Å². The van der Waals surface area contributed by atoms with Gasteiger partial charge in [0.25, 0.3) is 0 Å². The smallest absolute Gasteiger partial charge is 0.131 e. The van der Waals surface area contributed by atoms with Crippen molar-refractivity contribution >= 4 is 0 Å². The van der Waals surface area contributed by atoms with Crippen molar-refractivity contribution in [2.24, 2.45) is 0 Å². The lowest BCUT2D eigenvalue weighted by Crippen LogP contribution is -2.26. The van der Waals surface area contributed by atoms with Crippen molar-refractivity contribution in [1.29, 1.82) is 0 Å². The molecular formula is C14H18F2N4. The number of rotatable bonds is 6. The average molecular weight is 280 g/mol. The first-order chi connectivity index (χ1) is 9.69. The molecule has 0 aliphatic rings. The van der Waals surface area contributed by atoms with Crippen molar-refractivity contribution in [2.75, 3.05) is 6.54 Å². The van der Waals surface area contributed by atoms with E-state index < -0.39 is 17.7 Å². The SMILES string of the molecule is CCCn1nncc1C(NCC)c1c(F)cccc1F. The van der Waals surface area contributed by atoms with E-state index in [4.69, 9.17) is 0 Å². The molecule has 0 spiro atoms. The molecule has 108 valence electrons. The van der Waals surface area contributed by atoms with Crippen molar-refractivity contribution < 1.29 is 8.78 Å². The van der Waals surface area contributed by atoms with Crippen molar-refractivity contribution in [3.63, 3.8) is 0 Å². The van der Waals surface area contributed by atoms with Crippen molar-refractivity contribution in [3.8, 4) is 0 Å². The molecule has 0 amide bonds. The Balaban J connectivity index is 2.48. The molecule has 4 nitrogen and oxygen atoms in total. The number of nitrogens with zero attached hydrogens (tertiary/aromatic N) is 3. The van der Waals surface area contributed by atoms with E-state index in [1.807, 2.05) is 13.8 Å². The van der Waals surface area contributed by atoms with Gasteiger partial charge in [-0.1, -0.05) is 25.1 Å². The average Bonchev–Trinajstić information content (AvgIpc) is 2.86. The normalized spacial score (nSPS) is 12.6. The first-order valence-electron chi connectivity index (χ1n) is 6.74. The number of nitrogens with one attached hydrogen (secondary N) is 1. The highest BCUT2D eigenvalue weighted by Gasteiger charge is 2.24. The Kier molecular flexibility index (Phi) is 4.79. The summed E-state index contributed by atoms with van der Waals surface area (Å²) >= 11 is 0. The lowest BCUT2D eigenvalue weighted by Gasteiger charge is -2.20. The number of aromatic nitrogens is 3. The van der Waals surface area contributed by atoms with Gasteiger partial charge in [0, 0.05) is 12.1 Å². The molecule has 2 rings (SSSR count). The number of aryl methyl sites for hydroxylation is 1. The number of hydrogen-bond acceptors (Lipinski definition) is 3. The van der Waals surface area contributed by atoms with Crippen LogP contribution in [0.25, 0.3) is 0 Å². The molecule has 1 aromatic heterocycles. The Morgan fingerprint density at radius 1 is 1.25 bits per heavy atom. The molecule has 0 fully saturated rings. The van der Waals surface area contributed by atoms with E-state index in [1.165, 1.54) is 18.2 Å². The van der Waals surface area contributed by atoms with Crippen LogP contribution < -0.4 is 5.32 Å². The molecule has 1 atom stereocenters. The van der Waals surface area contributed by atoms with E-state index in [0.717, 1.165) is 6.42 Å². The van der Waals surface area contributed by atoms with Crippen LogP contribution >= 0.6 is 0 Å². The maximum absolute atomic E-state index is 14.0. The molecule has 0 bridgehead atoms. The molecule has 6 heteroatoms. The van der Waals surface area contributed by atoms with Crippen LogP contribution in [-0.2, 0) is 6.54 Å². The van der Waals surface area contributed by atoms with Crippen LogP contribution in [0.2, 0.25) is 0 Å². The fourth-order valence-corrected chi connectivity index (χ4v) is 2.22. The molecule has 0 aliphatic heterocycles. The Morgan fingerprint density at radius 3 is 2.55 bits per heavy atom. The van der Waals surface area contributed by atoms with Gasteiger partial charge in [-0.05, 0) is 25.1 Å². The summed E-state index contributed by atoms with van der Waals surface area (Å²) < 4.78 is 29.7. The monoisotopic (exact) mass is 280 g/mol. The maximum Gasteiger partial charge on any atom is 0.131 e. The van der Waals surface area contributed by atoms with Crippen molar-refractivity contribution in [3.05, 3.63) is 47.3 Å². The second kappa shape index (κ2) is 6.56. The van der Waals surface area contributed by atoms with Gasteiger partial charge >= 0.3 is 0 Å². The van der Waals surface area contributed by atoms with Gasteiger partial charge in [0.15, 0.2) is 0 Å². The van der Waals surface area contributed by atoms with Gasteiger partial charge in [-0.2, -0.15) is 0 Å². The predicted octanol–water partition coefficient (Wildman–Crippen LogP) is 2.67. The van der Waals surface area contributed by atoms with Gasteiger partial charge in [-0.25, -0.2) is 13.5 Å². The van der Waals surface area contributed by atoms with E-state index in [1.54, 1.807) is 10.9 Å². The molecular weight excluding hydrogens is 262 g/mol. The summed E-state index contributed by atoms with van der Waals surface area (Å²) in [5.41, 5.74) is 0.673. The first kappa shape index (κ1) is 14.6. The molecule has 0 saturated carbocycles. The summed E-state index contributed by atoms with van der Waals surface area (Å²) in [6.07, 6.45) is 2.42. The number of hydrogen-bond donors (Lipinski definition) is 1. The summed E-state index contributed by atoms with van der Waals surface area (Å²) in [5.74, 6) is -1.14. The van der Waals surface area contributed by atoms with Crippen LogP contribution in [0.15, 0.2) is 24.4 Å². The molecule has 0 radical (unpaired) electrons. The topological polar surface area (TPSA) is 42.7 Å². The van der Waals surface area contributed by atoms with Crippen LogP contribution in [0, 0.1) is 11.6 Å². The predicted molar refractivity (Wildman–Crippen MR) is 72.2 cm³/mol. The maximum atomic E-state index is 14.0. The minimum absolute atomic E-state index is 0.00834. The number of halogens is 2. The minimum Gasteiger partial charge on any atom is -0.305 e. The molecule has 1 aromatic carbocycles. The lowest BCUT2D eigenvalue weighted by atomic mass is 10.0. The highest BCUT2D eigenvalue weighted by atomic mass is 19.1. The summed E-state index contributed by atoms with van der Waals surface area (Å²) in [5, 5.41) is 10.9.